The number of aryl methyl sites for hydroxylation is 2. The van der Waals surface area contributed by atoms with E-state index in [2.05, 4.69) is 12.1 Å². The molecule has 29 heavy (non-hydrogen) atoms. The minimum absolute atomic E-state index is 0.111. The second-order valence-electron chi connectivity index (χ2n) is 7.77. The first-order valence-electron chi connectivity index (χ1n) is 10.3. The Kier molecular flexibility index (Phi) is 5.74. The van der Waals surface area contributed by atoms with Crippen molar-refractivity contribution in [1.82, 2.24) is 0 Å². The summed E-state index contributed by atoms with van der Waals surface area (Å²) in [5.41, 5.74) is 4.91. The number of esters is 1. The van der Waals surface area contributed by atoms with Gasteiger partial charge in [0.15, 0.2) is 12.4 Å². The van der Waals surface area contributed by atoms with Crippen molar-refractivity contribution in [3.05, 3.63) is 64.7 Å². The molecular formula is C24H25NO4. The van der Waals surface area contributed by atoms with E-state index in [1.165, 1.54) is 24.0 Å². The van der Waals surface area contributed by atoms with Crippen LogP contribution in [0, 0.1) is 0 Å². The van der Waals surface area contributed by atoms with Crippen LogP contribution >= 0.6 is 0 Å². The second-order valence-corrected chi connectivity index (χ2v) is 7.77. The molecule has 5 nitrogen and oxygen atoms in total. The summed E-state index contributed by atoms with van der Waals surface area (Å²) in [7, 11) is 0. The lowest BCUT2D eigenvalue weighted by Crippen LogP contribution is -2.23. The minimum Gasteiger partial charge on any atom is -0.457 e. The average Bonchev–Trinajstić information content (AvgIpc) is 3.18. The average molecular weight is 391 g/mol. The summed E-state index contributed by atoms with van der Waals surface area (Å²) >= 11 is 0. The van der Waals surface area contributed by atoms with E-state index in [-0.39, 0.29) is 24.7 Å². The van der Waals surface area contributed by atoms with Crippen LogP contribution < -0.4 is 4.90 Å². The van der Waals surface area contributed by atoms with Gasteiger partial charge in [0.1, 0.15) is 0 Å². The molecule has 0 bridgehead atoms. The SMILES string of the molecule is O=C(Cc1ccc2c(c1)CCCC2)OCC(=O)c1ccc(N2CCCC2=O)cc1. The number of Topliss-reactive ketones (excluding diaryl/α,β-unsaturated/α-hetero) is 1. The van der Waals surface area contributed by atoms with Crippen LogP contribution in [0.2, 0.25) is 0 Å². The number of carbonyl (C=O) groups excluding carboxylic acids is 3. The van der Waals surface area contributed by atoms with Gasteiger partial charge in [0.25, 0.3) is 0 Å². The monoisotopic (exact) mass is 391 g/mol. The largest absolute Gasteiger partial charge is 0.457 e. The van der Waals surface area contributed by atoms with Gasteiger partial charge in [-0.15, -0.1) is 0 Å². The number of benzene rings is 2. The van der Waals surface area contributed by atoms with Gasteiger partial charge in [0.2, 0.25) is 5.91 Å². The molecule has 0 aromatic heterocycles. The zero-order valence-electron chi connectivity index (χ0n) is 16.5. The fraction of sp³-hybridized carbons (Fsp3) is 0.375. The van der Waals surface area contributed by atoms with Crippen molar-refractivity contribution >= 4 is 23.3 Å². The summed E-state index contributed by atoms with van der Waals surface area (Å²) in [6, 6.07) is 13.1. The van der Waals surface area contributed by atoms with Crippen LogP contribution in [0.25, 0.3) is 0 Å². The van der Waals surface area contributed by atoms with Crippen molar-refractivity contribution in [2.24, 2.45) is 0 Å². The van der Waals surface area contributed by atoms with Gasteiger partial charge < -0.3 is 9.64 Å². The van der Waals surface area contributed by atoms with E-state index < -0.39 is 5.97 Å². The third kappa shape index (κ3) is 4.56. The number of hydrogen-bond donors (Lipinski definition) is 0. The van der Waals surface area contributed by atoms with Gasteiger partial charge in [0.05, 0.1) is 6.42 Å². The van der Waals surface area contributed by atoms with E-state index in [1.807, 2.05) is 6.07 Å². The van der Waals surface area contributed by atoms with Gasteiger partial charge in [-0.25, -0.2) is 0 Å². The van der Waals surface area contributed by atoms with Crippen molar-refractivity contribution in [2.75, 3.05) is 18.1 Å². The molecule has 0 atom stereocenters. The third-order valence-electron chi connectivity index (χ3n) is 5.70. The Balaban J connectivity index is 1.30. The van der Waals surface area contributed by atoms with Crippen molar-refractivity contribution < 1.29 is 19.1 Å². The Morgan fingerprint density at radius 2 is 1.66 bits per heavy atom. The van der Waals surface area contributed by atoms with Gasteiger partial charge in [-0.2, -0.15) is 0 Å². The van der Waals surface area contributed by atoms with Crippen LogP contribution in [0.5, 0.6) is 0 Å². The number of ketones is 1. The number of carbonyl (C=O) groups is 3. The molecule has 4 rings (SSSR count). The molecule has 0 radical (unpaired) electrons. The highest BCUT2D eigenvalue weighted by atomic mass is 16.5. The molecule has 1 aliphatic heterocycles. The highest BCUT2D eigenvalue weighted by Crippen LogP contribution is 2.23. The topological polar surface area (TPSA) is 63.7 Å². The van der Waals surface area contributed by atoms with E-state index >= 15 is 0 Å². The van der Waals surface area contributed by atoms with Gasteiger partial charge in [-0.3, -0.25) is 14.4 Å². The molecule has 0 unspecified atom stereocenters. The summed E-state index contributed by atoms with van der Waals surface area (Å²) in [6.45, 7) is 0.443. The third-order valence-corrected chi connectivity index (χ3v) is 5.70. The number of amides is 1. The lowest BCUT2D eigenvalue weighted by molar-refractivity contribution is -0.141. The molecule has 150 valence electrons. The van der Waals surface area contributed by atoms with E-state index in [0.717, 1.165) is 30.5 Å². The van der Waals surface area contributed by atoms with Gasteiger partial charge >= 0.3 is 5.97 Å². The second kappa shape index (κ2) is 8.60. The molecule has 0 N–H and O–H groups in total. The molecule has 0 saturated carbocycles. The summed E-state index contributed by atoms with van der Waals surface area (Å²) < 4.78 is 5.20. The van der Waals surface area contributed by atoms with Crippen LogP contribution in [-0.2, 0) is 33.6 Å². The number of anilines is 1. The lowest BCUT2D eigenvalue weighted by atomic mass is 9.90. The fourth-order valence-corrected chi connectivity index (χ4v) is 4.09. The lowest BCUT2D eigenvalue weighted by Gasteiger charge is -2.16. The number of fused-ring (bicyclic) bond motifs is 1. The van der Waals surface area contributed by atoms with E-state index in [4.69, 9.17) is 4.74 Å². The first-order chi connectivity index (χ1) is 14.1. The fourth-order valence-electron chi connectivity index (χ4n) is 4.09. The van der Waals surface area contributed by atoms with Gasteiger partial charge in [-0.05, 0) is 73.1 Å². The van der Waals surface area contributed by atoms with Crippen LogP contribution in [-0.4, -0.2) is 30.8 Å². The predicted octanol–water partition coefficient (Wildman–Crippen LogP) is 3.66. The highest BCUT2D eigenvalue weighted by molar-refractivity contribution is 5.99. The smallest absolute Gasteiger partial charge is 0.310 e. The van der Waals surface area contributed by atoms with Gasteiger partial charge in [0, 0.05) is 24.2 Å². The normalized spacial score (nSPS) is 15.9. The Bertz CT molecular complexity index is 932. The van der Waals surface area contributed by atoms with Crippen molar-refractivity contribution in [2.45, 2.75) is 44.9 Å². The Morgan fingerprint density at radius 1 is 0.897 bits per heavy atom. The van der Waals surface area contributed by atoms with E-state index in [1.54, 1.807) is 29.2 Å². The van der Waals surface area contributed by atoms with Crippen molar-refractivity contribution in [1.29, 1.82) is 0 Å². The summed E-state index contributed by atoms with van der Waals surface area (Å²) in [5, 5.41) is 0. The maximum atomic E-state index is 12.3. The Morgan fingerprint density at radius 3 is 2.38 bits per heavy atom. The Labute approximate surface area is 170 Å². The zero-order chi connectivity index (χ0) is 20.2. The quantitative estimate of drug-likeness (QED) is 0.557. The Hall–Kier alpha value is -2.95. The maximum Gasteiger partial charge on any atom is 0.310 e. The molecule has 1 amide bonds. The molecule has 1 heterocycles. The van der Waals surface area contributed by atoms with Gasteiger partial charge in [-0.1, -0.05) is 18.2 Å². The molecular weight excluding hydrogens is 366 g/mol. The zero-order valence-corrected chi connectivity index (χ0v) is 16.5. The van der Waals surface area contributed by atoms with Crippen LogP contribution in [0.3, 0.4) is 0 Å². The minimum atomic E-state index is -0.395. The first-order valence-corrected chi connectivity index (χ1v) is 10.3. The molecule has 0 spiro atoms. The van der Waals surface area contributed by atoms with E-state index in [9.17, 15) is 14.4 Å². The van der Waals surface area contributed by atoms with Crippen LogP contribution in [0.4, 0.5) is 5.69 Å². The summed E-state index contributed by atoms with van der Waals surface area (Å²) in [4.78, 5) is 38.0. The molecule has 1 aliphatic carbocycles. The number of nitrogens with zero attached hydrogens (tertiary/aromatic N) is 1. The molecule has 5 heteroatoms. The van der Waals surface area contributed by atoms with Crippen molar-refractivity contribution in [3.63, 3.8) is 0 Å². The molecule has 1 fully saturated rings. The number of ether oxygens (including phenoxy) is 1. The first kappa shape index (κ1) is 19.4. The van der Waals surface area contributed by atoms with Crippen LogP contribution in [0.15, 0.2) is 42.5 Å². The van der Waals surface area contributed by atoms with Crippen LogP contribution in [0.1, 0.15) is 52.7 Å². The molecule has 2 aromatic rings. The predicted molar refractivity (Wildman–Crippen MR) is 110 cm³/mol. The number of hydrogen-bond acceptors (Lipinski definition) is 4. The standard InChI is InChI=1S/C24H25NO4/c26-22(19-9-11-21(12-10-19)25-13-3-6-23(25)27)16-29-24(28)15-17-7-8-18-4-1-2-5-20(18)14-17/h7-12,14H,1-6,13,15-16H2. The molecule has 2 aromatic carbocycles. The highest BCUT2D eigenvalue weighted by Gasteiger charge is 2.22. The maximum absolute atomic E-state index is 12.3. The van der Waals surface area contributed by atoms with E-state index in [0.29, 0.717) is 18.5 Å². The summed E-state index contributed by atoms with van der Waals surface area (Å²) in [6.07, 6.45) is 6.21. The molecule has 2 aliphatic rings. The summed E-state index contributed by atoms with van der Waals surface area (Å²) in [5.74, 6) is -0.531. The number of rotatable bonds is 6. The molecule has 1 saturated heterocycles. The van der Waals surface area contributed by atoms with Crippen molar-refractivity contribution in [3.8, 4) is 0 Å².